The zero-order valence-corrected chi connectivity index (χ0v) is 18.2. The number of benzene rings is 1. The molecule has 2 bridgehead atoms. The summed E-state index contributed by atoms with van der Waals surface area (Å²) in [6.45, 7) is 0.198. The number of nitrogens with one attached hydrogen (secondary N) is 2. The van der Waals surface area contributed by atoms with E-state index in [9.17, 15) is 18.0 Å². The number of hydrazine groups is 1. The second kappa shape index (κ2) is 8.38. The van der Waals surface area contributed by atoms with E-state index in [4.69, 9.17) is 9.94 Å². The first-order valence-electron chi connectivity index (χ1n) is 9.70. The van der Waals surface area contributed by atoms with Crippen molar-refractivity contribution in [2.45, 2.75) is 18.7 Å². The number of hydroxylamine groups is 2. The predicted molar refractivity (Wildman–Crippen MR) is 110 cm³/mol. The fourth-order valence-electron chi connectivity index (χ4n) is 3.78. The Morgan fingerprint density at radius 2 is 2.03 bits per heavy atom. The van der Waals surface area contributed by atoms with Crippen LogP contribution in [-0.4, -0.2) is 77.0 Å². The van der Waals surface area contributed by atoms with Gasteiger partial charge < -0.3 is 15.3 Å². The lowest BCUT2D eigenvalue weighted by Crippen LogP contribution is -2.41. The highest BCUT2D eigenvalue weighted by atomic mass is 32.2. The summed E-state index contributed by atoms with van der Waals surface area (Å²) >= 11 is 0. The maximum absolute atomic E-state index is 13.0. The number of aromatic nitrogens is 2. The van der Waals surface area contributed by atoms with Crippen LogP contribution in [0.5, 0.6) is 0 Å². The molecule has 0 saturated carbocycles. The summed E-state index contributed by atoms with van der Waals surface area (Å²) in [7, 11) is -0.990. The third-order valence-electron chi connectivity index (χ3n) is 5.09. The molecule has 0 aliphatic carbocycles. The van der Waals surface area contributed by atoms with Gasteiger partial charge in [0.05, 0.1) is 18.3 Å². The number of nitrogens with zero attached hydrogens (tertiary/aromatic N) is 5. The van der Waals surface area contributed by atoms with Crippen LogP contribution in [0.15, 0.2) is 36.5 Å². The van der Waals surface area contributed by atoms with Crippen molar-refractivity contribution in [3.63, 3.8) is 0 Å². The van der Waals surface area contributed by atoms with E-state index < -0.39 is 34.4 Å². The maximum Gasteiger partial charge on any atom is 0.404 e. The number of rotatable bonds is 8. The Labute approximate surface area is 184 Å². The van der Waals surface area contributed by atoms with E-state index in [0.717, 1.165) is 9.65 Å². The van der Waals surface area contributed by atoms with Gasteiger partial charge in [0.15, 0.2) is 0 Å². The van der Waals surface area contributed by atoms with E-state index in [1.54, 1.807) is 0 Å². The molecule has 1 aromatic heterocycles. The number of urea groups is 1. The lowest BCUT2D eigenvalue weighted by atomic mass is 9.98. The second-order valence-corrected chi connectivity index (χ2v) is 9.08. The third kappa shape index (κ3) is 4.12. The molecule has 3 heterocycles. The summed E-state index contributed by atoms with van der Waals surface area (Å²) in [5, 5.41) is 17.9. The van der Waals surface area contributed by atoms with Crippen molar-refractivity contribution < 1.29 is 28.0 Å². The van der Waals surface area contributed by atoms with Crippen LogP contribution in [0.2, 0.25) is 0 Å². The molecule has 1 aromatic carbocycles. The number of fused-ring (bicyclic) bond motifs is 4. The molecule has 32 heavy (non-hydrogen) atoms. The minimum absolute atomic E-state index is 0.138. The number of amides is 3. The van der Waals surface area contributed by atoms with Gasteiger partial charge in [0.25, 0.3) is 0 Å². The molecule has 3 amide bonds. The summed E-state index contributed by atoms with van der Waals surface area (Å²) in [4.78, 5) is 33.6. The number of carboxylic acid groups (broad SMARTS) is 1. The van der Waals surface area contributed by atoms with Crippen molar-refractivity contribution in [1.29, 1.82) is 0 Å². The minimum atomic E-state index is -4.03. The summed E-state index contributed by atoms with van der Waals surface area (Å²) < 4.78 is 26.0. The van der Waals surface area contributed by atoms with Crippen LogP contribution >= 0.6 is 0 Å². The Balaban J connectivity index is 1.67. The van der Waals surface area contributed by atoms with E-state index in [1.165, 1.54) is 35.3 Å². The maximum atomic E-state index is 13.0. The summed E-state index contributed by atoms with van der Waals surface area (Å²) in [5.41, 5.74) is 1.62. The van der Waals surface area contributed by atoms with Crippen molar-refractivity contribution >= 4 is 22.3 Å². The van der Waals surface area contributed by atoms with Crippen LogP contribution in [0.4, 0.5) is 9.59 Å². The van der Waals surface area contributed by atoms with Crippen LogP contribution < -0.4 is 10.1 Å². The molecule has 1 saturated heterocycles. The first-order valence-corrected chi connectivity index (χ1v) is 11.1. The summed E-state index contributed by atoms with van der Waals surface area (Å²) in [6, 6.07) is 7.46. The third-order valence-corrected chi connectivity index (χ3v) is 6.37. The fourth-order valence-corrected chi connectivity index (χ4v) is 4.77. The summed E-state index contributed by atoms with van der Waals surface area (Å²) in [6.07, 6.45) is 0.0628. The molecule has 13 nitrogen and oxygen atoms in total. The molecule has 172 valence electrons. The standard InChI is InChI=1S/C18H23N7O6S/c1-22(2)21-32(29,30)24-9-13-15-10-23(14(16(13)20-24)8-19-17(26)27)18(28)25(15)31-11-12-6-4-3-5-7-12/h3-7,9,14-15,19,21H,8,10-11H2,1-2H3,(H,26,27). The highest BCUT2D eigenvalue weighted by molar-refractivity contribution is 7.87. The van der Waals surface area contributed by atoms with Gasteiger partial charge >= 0.3 is 22.3 Å². The van der Waals surface area contributed by atoms with Gasteiger partial charge in [-0.05, 0) is 5.56 Å². The zero-order valence-electron chi connectivity index (χ0n) is 17.4. The molecule has 1 fully saturated rings. The van der Waals surface area contributed by atoms with Crippen molar-refractivity contribution in [2.24, 2.45) is 0 Å². The van der Waals surface area contributed by atoms with Gasteiger partial charge in [-0.1, -0.05) is 30.3 Å². The predicted octanol–water partition coefficient (Wildman–Crippen LogP) is 0.275. The van der Waals surface area contributed by atoms with Crippen LogP contribution in [0.3, 0.4) is 0 Å². The minimum Gasteiger partial charge on any atom is -0.465 e. The van der Waals surface area contributed by atoms with Gasteiger partial charge in [-0.15, -0.1) is 4.83 Å². The lowest BCUT2D eigenvalue weighted by molar-refractivity contribution is -0.141. The molecular weight excluding hydrogens is 442 g/mol. The molecule has 2 atom stereocenters. The van der Waals surface area contributed by atoms with Gasteiger partial charge in [0.2, 0.25) is 0 Å². The Hall–Kier alpha value is -3.20. The molecule has 2 aliphatic rings. The molecule has 3 N–H and O–H groups in total. The van der Waals surface area contributed by atoms with Gasteiger partial charge in [-0.25, -0.2) is 14.6 Å². The Kier molecular flexibility index (Phi) is 5.77. The Bertz CT molecular complexity index is 1120. The van der Waals surface area contributed by atoms with Crippen LogP contribution in [0.1, 0.15) is 28.9 Å². The monoisotopic (exact) mass is 465 g/mol. The molecule has 4 rings (SSSR count). The normalized spacial score (nSPS) is 20.0. The number of carbonyl (C=O) groups excluding carboxylic acids is 1. The SMILES string of the molecule is CN(C)NS(=O)(=O)n1cc2c(n1)C(CNC(=O)O)N1CC2N(OCc2ccccc2)C1=O. The van der Waals surface area contributed by atoms with Crippen molar-refractivity contribution in [1.82, 2.24) is 34.3 Å². The number of carbonyl (C=O) groups is 2. The lowest BCUT2D eigenvalue weighted by Gasteiger charge is -2.29. The largest absolute Gasteiger partial charge is 0.465 e. The van der Waals surface area contributed by atoms with Crippen molar-refractivity contribution in [2.75, 3.05) is 27.2 Å². The Morgan fingerprint density at radius 3 is 2.69 bits per heavy atom. The average molecular weight is 465 g/mol. The molecule has 2 aliphatic heterocycles. The van der Waals surface area contributed by atoms with Gasteiger partial charge in [0.1, 0.15) is 12.6 Å². The first kappa shape index (κ1) is 22.0. The van der Waals surface area contributed by atoms with Gasteiger partial charge in [-0.3, -0.25) is 4.84 Å². The smallest absolute Gasteiger partial charge is 0.404 e. The molecule has 2 aromatic rings. The van der Waals surface area contributed by atoms with E-state index >= 15 is 0 Å². The number of hydrogen-bond acceptors (Lipinski definition) is 7. The highest BCUT2D eigenvalue weighted by Crippen LogP contribution is 2.43. The molecule has 0 spiro atoms. The fraction of sp³-hybridized carbons (Fsp3) is 0.389. The summed E-state index contributed by atoms with van der Waals surface area (Å²) in [5.74, 6) is 0. The van der Waals surface area contributed by atoms with Gasteiger partial charge in [0, 0.05) is 32.4 Å². The van der Waals surface area contributed by atoms with Crippen LogP contribution in [-0.2, 0) is 21.7 Å². The van der Waals surface area contributed by atoms with Gasteiger partial charge in [-0.2, -0.15) is 22.7 Å². The number of hydrogen-bond donors (Lipinski definition) is 3. The average Bonchev–Trinajstić information content (AvgIpc) is 3.29. The van der Waals surface area contributed by atoms with E-state index in [0.29, 0.717) is 11.3 Å². The second-order valence-electron chi connectivity index (χ2n) is 7.57. The molecule has 2 unspecified atom stereocenters. The molecule has 14 heteroatoms. The van der Waals surface area contributed by atoms with Crippen molar-refractivity contribution in [3.8, 4) is 0 Å². The quantitative estimate of drug-likeness (QED) is 0.471. The highest BCUT2D eigenvalue weighted by Gasteiger charge is 2.50. The zero-order chi connectivity index (χ0) is 23.0. The topological polar surface area (TPSA) is 149 Å². The van der Waals surface area contributed by atoms with E-state index in [-0.39, 0.29) is 19.7 Å². The van der Waals surface area contributed by atoms with Crippen LogP contribution in [0.25, 0.3) is 0 Å². The van der Waals surface area contributed by atoms with Crippen molar-refractivity contribution in [3.05, 3.63) is 53.3 Å². The van der Waals surface area contributed by atoms with Crippen LogP contribution in [0, 0.1) is 0 Å². The van der Waals surface area contributed by atoms with E-state index in [2.05, 4.69) is 15.2 Å². The first-order chi connectivity index (χ1) is 15.2. The molecular formula is C18H23N7O6S. The Morgan fingerprint density at radius 1 is 1.31 bits per heavy atom. The van der Waals surface area contributed by atoms with E-state index in [1.807, 2.05) is 30.3 Å². The molecule has 0 radical (unpaired) electrons.